The van der Waals surface area contributed by atoms with Crippen LogP contribution in [0.4, 0.5) is 0 Å². The quantitative estimate of drug-likeness (QED) is 0.143. The van der Waals surface area contributed by atoms with Crippen molar-refractivity contribution in [3.63, 3.8) is 0 Å². The summed E-state index contributed by atoms with van der Waals surface area (Å²) < 4.78 is 7.72. The highest BCUT2D eigenvalue weighted by atomic mass is 35.5. The van der Waals surface area contributed by atoms with Gasteiger partial charge in [-0.3, -0.25) is 4.79 Å². The maximum absolute atomic E-state index is 12.5. The molecule has 5 rings (SSSR count). The van der Waals surface area contributed by atoms with Gasteiger partial charge in [-0.05, 0) is 67.9 Å². The van der Waals surface area contributed by atoms with Crippen LogP contribution in [0.1, 0.15) is 16.7 Å². The molecule has 38 heavy (non-hydrogen) atoms. The molecule has 0 atom stereocenters. The van der Waals surface area contributed by atoms with Crippen LogP contribution in [-0.4, -0.2) is 33.5 Å². The summed E-state index contributed by atoms with van der Waals surface area (Å²) in [6, 6.07) is 23.0. The zero-order chi connectivity index (χ0) is 26.6. The lowest BCUT2D eigenvalue weighted by molar-refractivity contribution is -0.123. The lowest BCUT2D eigenvalue weighted by Crippen LogP contribution is -2.24. The fourth-order valence-electron chi connectivity index (χ4n) is 3.99. The molecule has 3 aromatic carbocycles. The molecule has 190 valence electrons. The highest BCUT2D eigenvalue weighted by Crippen LogP contribution is 2.35. The Balaban J connectivity index is 1.32. The third kappa shape index (κ3) is 5.54. The first-order chi connectivity index (χ1) is 18.4. The Hall–Kier alpha value is -4.20. The summed E-state index contributed by atoms with van der Waals surface area (Å²) in [6.07, 6.45) is 3.17. The molecule has 0 radical (unpaired) electrons. The van der Waals surface area contributed by atoms with E-state index in [4.69, 9.17) is 27.9 Å². The van der Waals surface area contributed by atoms with Crippen molar-refractivity contribution in [2.75, 3.05) is 6.61 Å². The third-order valence-electron chi connectivity index (χ3n) is 5.88. The van der Waals surface area contributed by atoms with Crippen LogP contribution in [0, 0.1) is 13.8 Å². The lowest BCUT2D eigenvalue weighted by atomic mass is 10.1. The Bertz CT molecular complexity index is 1670. The molecule has 0 saturated carbocycles. The van der Waals surface area contributed by atoms with Crippen molar-refractivity contribution in [2.24, 2.45) is 5.10 Å². The van der Waals surface area contributed by atoms with E-state index in [-0.39, 0.29) is 6.61 Å². The molecular weight excluding hydrogens is 521 g/mol. The molecule has 5 aromatic rings. The zero-order valence-electron chi connectivity index (χ0n) is 20.7. The van der Waals surface area contributed by atoms with Crippen molar-refractivity contribution in [3.05, 3.63) is 106 Å². The van der Waals surface area contributed by atoms with E-state index in [9.17, 15) is 4.79 Å². The summed E-state index contributed by atoms with van der Waals surface area (Å²) in [5.74, 6) is 0.0675. The number of nitrogens with zero attached hydrogens (tertiary/aromatic N) is 4. The van der Waals surface area contributed by atoms with Gasteiger partial charge in [0.15, 0.2) is 6.61 Å². The normalized spacial score (nSPS) is 11.3. The Morgan fingerprint density at radius 1 is 1.05 bits per heavy atom. The van der Waals surface area contributed by atoms with Gasteiger partial charge in [-0.1, -0.05) is 53.0 Å². The van der Waals surface area contributed by atoms with E-state index >= 15 is 0 Å². The summed E-state index contributed by atoms with van der Waals surface area (Å²) in [7, 11) is 0. The first-order valence-corrected chi connectivity index (χ1v) is 12.6. The molecule has 1 N–H and O–H groups in total. The number of pyridine rings is 1. The molecule has 1 amide bonds. The van der Waals surface area contributed by atoms with Crippen molar-refractivity contribution >= 4 is 46.2 Å². The second-order valence-corrected chi connectivity index (χ2v) is 9.47. The fraction of sp³-hybridized carbons (Fsp3) is 0.103. The second kappa shape index (κ2) is 11.0. The number of hydrogen-bond acceptors (Lipinski definition) is 5. The summed E-state index contributed by atoms with van der Waals surface area (Å²) in [4.78, 5) is 16.9. The Morgan fingerprint density at radius 2 is 1.87 bits per heavy atom. The Morgan fingerprint density at radius 3 is 2.68 bits per heavy atom. The van der Waals surface area contributed by atoms with Crippen LogP contribution >= 0.6 is 23.2 Å². The average molecular weight is 544 g/mol. The average Bonchev–Trinajstić information content (AvgIpc) is 3.40. The Labute approximate surface area is 229 Å². The van der Waals surface area contributed by atoms with E-state index in [1.54, 1.807) is 16.9 Å². The van der Waals surface area contributed by atoms with Gasteiger partial charge in [-0.25, -0.2) is 15.1 Å². The number of hydrazone groups is 1. The first kappa shape index (κ1) is 25.4. The number of benzene rings is 3. The third-order valence-corrected chi connectivity index (χ3v) is 6.59. The predicted molar refractivity (Wildman–Crippen MR) is 151 cm³/mol. The van der Waals surface area contributed by atoms with Crippen LogP contribution in [0.15, 0.2) is 84.1 Å². The minimum atomic E-state index is -0.433. The fourth-order valence-corrected chi connectivity index (χ4v) is 4.34. The van der Waals surface area contributed by atoms with E-state index in [0.717, 1.165) is 33.4 Å². The number of rotatable bonds is 7. The maximum atomic E-state index is 12.5. The molecular formula is C29H23Cl2N5O2. The standard InChI is InChI=1S/C29H23Cl2N5O2/c1-18-8-9-25-20(12-18)14-21(29(31)34-25)16-32-35-28(37)17-38-27-13-19(2)24(30)15-23(27)26-10-11-33-36(26)22-6-4-3-5-7-22/h3-16H,17H2,1-2H3,(H,35,37)/b32-16+. The summed E-state index contributed by atoms with van der Waals surface area (Å²) >= 11 is 12.7. The molecule has 0 spiro atoms. The SMILES string of the molecule is Cc1ccc2nc(Cl)c(/C=N/NC(=O)COc3cc(C)c(Cl)cc3-c3ccnn3-c3ccccc3)cc2c1. The Kier molecular flexibility index (Phi) is 7.40. The van der Waals surface area contributed by atoms with Gasteiger partial charge >= 0.3 is 0 Å². The molecule has 2 heterocycles. The summed E-state index contributed by atoms with van der Waals surface area (Å²) in [6.45, 7) is 3.62. The van der Waals surface area contributed by atoms with Crippen molar-refractivity contribution in [1.82, 2.24) is 20.2 Å². The number of para-hydroxylation sites is 1. The van der Waals surface area contributed by atoms with Crippen LogP contribution in [0.25, 0.3) is 27.8 Å². The van der Waals surface area contributed by atoms with Crippen LogP contribution in [0.3, 0.4) is 0 Å². The smallest absolute Gasteiger partial charge is 0.277 e. The predicted octanol–water partition coefficient (Wildman–Crippen LogP) is 6.54. The highest BCUT2D eigenvalue weighted by Gasteiger charge is 2.16. The number of nitrogens with one attached hydrogen (secondary N) is 1. The number of carbonyl (C=O) groups excluding carboxylic acids is 1. The van der Waals surface area contributed by atoms with Crippen molar-refractivity contribution < 1.29 is 9.53 Å². The van der Waals surface area contributed by atoms with Crippen molar-refractivity contribution in [3.8, 4) is 22.7 Å². The minimum Gasteiger partial charge on any atom is -0.483 e. The van der Waals surface area contributed by atoms with Crippen LogP contribution in [0.5, 0.6) is 5.75 Å². The van der Waals surface area contributed by atoms with Crippen molar-refractivity contribution in [1.29, 1.82) is 0 Å². The molecule has 0 aliphatic carbocycles. The zero-order valence-corrected chi connectivity index (χ0v) is 22.2. The van der Waals surface area contributed by atoms with Gasteiger partial charge in [0.25, 0.3) is 5.91 Å². The number of amides is 1. The van der Waals surface area contributed by atoms with E-state index in [0.29, 0.717) is 27.1 Å². The molecule has 0 aliphatic rings. The van der Waals surface area contributed by atoms with E-state index in [1.807, 2.05) is 80.6 Å². The molecule has 7 nitrogen and oxygen atoms in total. The van der Waals surface area contributed by atoms with Gasteiger partial charge in [-0.15, -0.1) is 0 Å². The second-order valence-electron chi connectivity index (χ2n) is 8.71. The first-order valence-electron chi connectivity index (χ1n) is 11.8. The van der Waals surface area contributed by atoms with Gasteiger partial charge in [0.2, 0.25) is 0 Å². The molecule has 0 bridgehead atoms. The topological polar surface area (TPSA) is 81.4 Å². The number of carbonyl (C=O) groups is 1. The van der Waals surface area contributed by atoms with Gasteiger partial charge in [-0.2, -0.15) is 10.2 Å². The maximum Gasteiger partial charge on any atom is 0.277 e. The largest absolute Gasteiger partial charge is 0.483 e. The lowest BCUT2D eigenvalue weighted by Gasteiger charge is -2.15. The number of fused-ring (bicyclic) bond motifs is 1. The van der Waals surface area contributed by atoms with Crippen LogP contribution in [0.2, 0.25) is 10.2 Å². The van der Waals surface area contributed by atoms with Gasteiger partial charge in [0.05, 0.1) is 29.3 Å². The summed E-state index contributed by atoms with van der Waals surface area (Å²) in [5.41, 5.74) is 8.17. The van der Waals surface area contributed by atoms with Gasteiger partial charge < -0.3 is 4.74 Å². The molecule has 9 heteroatoms. The number of halogens is 2. The number of aromatic nitrogens is 3. The van der Waals surface area contributed by atoms with Crippen LogP contribution in [-0.2, 0) is 4.79 Å². The number of ether oxygens (including phenoxy) is 1. The minimum absolute atomic E-state index is 0.256. The molecule has 2 aromatic heterocycles. The molecule has 0 saturated heterocycles. The molecule has 0 unspecified atom stereocenters. The summed E-state index contributed by atoms with van der Waals surface area (Å²) in [5, 5.41) is 10.3. The van der Waals surface area contributed by atoms with Crippen molar-refractivity contribution in [2.45, 2.75) is 13.8 Å². The van der Waals surface area contributed by atoms with E-state index in [2.05, 4.69) is 20.6 Å². The number of aryl methyl sites for hydroxylation is 2. The molecule has 0 fully saturated rings. The van der Waals surface area contributed by atoms with Crippen LogP contribution < -0.4 is 10.2 Å². The molecule has 0 aliphatic heterocycles. The van der Waals surface area contributed by atoms with Gasteiger partial charge in [0.1, 0.15) is 10.9 Å². The highest BCUT2D eigenvalue weighted by molar-refractivity contribution is 6.32. The number of hydrogen-bond donors (Lipinski definition) is 1. The monoisotopic (exact) mass is 543 g/mol. The van der Waals surface area contributed by atoms with E-state index in [1.165, 1.54) is 6.21 Å². The van der Waals surface area contributed by atoms with E-state index < -0.39 is 5.91 Å². The van der Waals surface area contributed by atoms with Gasteiger partial charge in [0, 0.05) is 21.5 Å².